The van der Waals surface area contributed by atoms with E-state index in [4.69, 9.17) is 22.0 Å². The van der Waals surface area contributed by atoms with Gasteiger partial charge in [-0.3, -0.25) is 4.57 Å². The van der Waals surface area contributed by atoms with Crippen LogP contribution in [-0.4, -0.2) is 49.3 Å². The van der Waals surface area contributed by atoms with Crippen LogP contribution in [0, 0.1) is 12.3 Å². The average molecular weight is 281 g/mol. The summed E-state index contributed by atoms with van der Waals surface area (Å²) in [5.74, 6) is 2.16. The Kier molecular flexibility index (Phi) is 3.31. The van der Waals surface area contributed by atoms with E-state index in [9.17, 15) is 15.0 Å². The van der Waals surface area contributed by atoms with Crippen LogP contribution in [0.25, 0.3) is 0 Å². The monoisotopic (exact) mass is 281 g/mol. The molecular weight excluding hydrogens is 266 g/mol. The van der Waals surface area contributed by atoms with Crippen LogP contribution in [0.5, 0.6) is 0 Å². The minimum Gasteiger partial charge on any atom is -0.394 e. The molecule has 0 spiro atoms. The molecule has 8 heteroatoms. The van der Waals surface area contributed by atoms with Crippen molar-refractivity contribution in [1.82, 2.24) is 9.55 Å². The Hall–Kier alpha value is -1.92. The van der Waals surface area contributed by atoms with Gasteiger partial charge in [-0.05, 0) is 18.9 Å². The molecule has 0 radical (unpaired) electrons. The van der Waals surface area contributed by atoms with Crippen LogP contribution in [0.1, 0.15) is 6.92 Å². The maximum absolute atomic E-state index is 11.9. The second kappa shape index (κ2) is 4.57. The fraction of sp³-hybridized carbons (Fsp3) is 0.500. The van der Waals surface area contributed by atoms with Gasteiger partial charge in [-0.2, -0.15) is 4.98 Å². The van der Waals surface area contributed by atoms with Crippen molar-refractivity contribution in [3.8, 4) is 12.3 Å². The molecule has 1 aromatic heterocycles. The van der Waals surface area contributed by atoms with Crippen LogP contribution in [0.4, 0.5) is 5.82 Å². The van der Waals surface area contributed by atoms with Crippen LogP contribution in [0.15, 0.2) is 17.1 Å². The van der Waals surface area contributed by atoms with E-state index in [1.165, 1.54) is 19.2 Å². The lowest BCUT2D eigenvalue weighted by molar-refractivity contribution is -0.150. The molecule has 0 aliphatic carbocycles. The van der Waals surface area contributed by atoms with Gasteiger partial charge in [0.05, 0.1) is 6.61 Å². The fourth-order valence-electron chi connectivity index (χ4n) is 2.31. The number of aromatic nitrogens is 2. The molecule has 1 aliphatic rings. The molecule has 1 aromatic rings. The molecule has 1 aliphatic heterocycles. The number of nitrogens with zero attached hydrogens (tertiary/aromatic N) is 2. The minimum atomic E-state index is -2.00. The van der Waals surface area contributed by atoms with Crippen LogP contribution in [-0.2, 0) is 10.5 Å². The summed E-state index contributed by atoms with van der Waals surface area (Å²) in [7, 11) is 0. The molecule has 0 bridgehead atoms. The zero-order valence-corrected chi connectivity index (χ0v) is 10.7. The van der Waals surface area contributed by atoms with E-state index >= 15 is 0 Å². The number of ether oxygens (including phenoxy) is 1. The number of rotatable bonds is 2. The maximum Gasteiger partial charge on any atom is 0.352 e. The van der Waals surface area contributed by atoms with Gasteiger partial charge in [0.1, 0.15) is 18.0 Å². The third-order valence-corrected chi connectivity index (χ3v) is 3.48. The Morgan fingerprint density at radius 1 is 1.70 bits per heavy atom. The lowest BCUT2D eigenvalue weighted by Gasteiger charge is -2.35. The Morgan fingerprint density at radius 2 is 2.35 bits per heavy atom. The van der Waals surface area contributed by atoms with Crippen molar-refractivity contribution < 1.29 is 20.1 Å². The largest absolute Gasteiger partial charge is 0.394 e. The first-order chi connectivity index (χ1) is 9.30. The highest BCUT2D eigenvalue weighted by molar-refractivity contribution is 5.27. The smallest absolute Gasteiger partial charge is 0.352 e. The molecule has 5 N–H and O–H groups in total. The van der Waals surface area contributed by atoms with Gasteiger partial charge in [-0.15, -0.1) is 6.42 Å². The standard InChI is InChI=1S/C12H15N3O5/c1-3-12(15-5-4-8(13)14-10(15)18)11(2,19)9(17)7(6-16)20-12/h1,4-5,7,9,16-17,19H,6H2,2H3,(H2,13,14,18). The van der Waals surface area contributed by atoms with Gasteiger partial charge < -0.3 is 25.8 Å². The summed E-state index contributed by atoms with van der Waals surface area (Å²) in [5.41, 5.74) is 0.560. The summed E-state index contributed by atoms with van der Waals surface area (Å²) >= 11 is 0. The Labute approximate surface area is 114 Å². The predicted molar refractivity (Wildman–Crippen MR) is 68.3 cm³/mol. The molecule has 0 amide bonds. The van der Waals surface area contributed by atoms with Crippen molar-refractivity contribution in [3.05, 3.63) is 22.7 Å². The first-order valence-corrected chi connectivity index (χ1v) is 5.82. The third-order valence-electron chi connectivity index (χ3n) is 3.48. The molecule has 4 atom stereocenters. The predicted octanol–water partition coefficient (Wildman–Crippen LogP) is -2.39. The van der Waals surface area contributed by atoms with E-state index in [1.807, 2.05) is 0 Å². The van der Waals surface area contributed by atoms with E-state index in [1.54, 1.807) is 0 Å². The Balaban J connectivity index is 2.67. The number of hydrogen-bond donors (Lipinski definition) is 4. The molecule has 2 heterocycles. The molecule has 20 heavy (non-hydrogen) atoms. The van der Waals surface area contributed by atoms with Crippen molar-refractivity contribution in [3.63, 3.8) is 0 Å². The fourth-order valence-corrected chi connectivity index (χ4v) is 2.31. The summed E-state index contributed by atoms with van der Waals surface area (Å²) < 4.78 is 6.24. The molecule has 2 rings (SSSR count). The van der Waals surface area contributed by atoms with Gasteiger partial charge in [0.25, 0.3) is 0 Å². The van der Waals surface area contributed by atoms with Crippen LogP contribution < -0.4 is 11.4 Å². The summed E-state index contributed by atoms with van der Waals surface area (Å²) in [6.45, 7) is 0.647. The van der Waals surface area contributed by atoms with Crippen molar-refractivity contribution in [1.29, 1.82) is 0 Å². The normalized spacial score (nSPS) is 36.8. The lowest BCUT2D eigenvalue weighted by atomic mass is 9.88. The summed E-state index contributed by atoms with van der Waals surface area (Å²) in [6, 6.07) is 1.30. The molecular formula is C12H15N3O5. The summed E-state index contributed by atoms with van der Waals surface area (Å²) in [5, 5.41) is 29.6. The molecule has 0 aromatic carbocycles. The lowest BCUT2D eigenvalue weighted by Crippen LogP contribution is -2.57. The Morgan fingerprint density at radius 3 is 2.80 bits per heavy atom. The number of aliphatic hydroxyl groups is 3. The zero-order valence-electron chi connectivity index (χ0n) is 10.7. The average Bonchev–Trinajstić information content (AvgIpc) is 2.59. The summed E-state index contributed by atoms with van der Waals surface area (Å²) in [4.78, 5) is 15.4. The molecule has 1 saturated heterocycles. The Bertz CT molecular complexity index is 620. The van der Waals surface area contributed by atoms with Crippen LogP contribution in [0.3, 0.4) is 0 Å². The van der Waals surface area contributed by atoms with E-state index in [2.05, 4.69) is 10.9 Å². The highest BCUT2D eigenvalue weighted by atomic mass is 16.6. The van der Waals surface area contributed by atoms with Gasteiger partial charge in [0.15, 0.2) is 5.60 Å². The number of anilines is 1. The number of hydrogen-bond acceptors (Lipinski definition) is 7. The van der Waals surface area contributed by atoms with Gasteiger partial charge in [0.2, 0.25) is 5.72 Å². The van der Waals surface area contributed by atoms with Crippen LogP contribution in [0.2, 0.25) is 0 Å². The quantitative estimate of drug-likeness (QED) is 0.445. The maximum atomic E-state index is 11.9. The van der Waals surface area contributed by atoms with Gasteiger partial charge >= 0.3 is 5.69 Å². The molecule has 0 saturated carbocycles. The number of nitrogen functional groups attached to an aromatic ring is 1. The number of nitrogens with two attached hydrogens (primary N) is 1. The van der Waals surface area contributed by atoms with Crippen molar-refractivity contribution in [2.75, 3.05) is 12.3 Å². The second-order valence-corrected chi connectivity index (χ2v) is 4.72. The van der Waals surface area contributed by atoms with E-state index in [-0.39, 0.29) is 5.82 Å². The first-order valence-electron chi connectivity index (χ1n) is 5.82. The van der Waals surface area contributed by atoms with E-state index in [0.29, 0.717) is 0 Å². The second-order valence-electron chi connectivity index (χ2n) is 4.72. The SMILES string of the molecule is C#CC1(n2ccc(N)nc2=O)OC(CO)C(O)C1(C)O. The van der Waals surface area contributed by atoms with Gasteiger partial charge in [0, 0.05) is 6.20 Å². The zero-order chi connectivity index (χ0) is 15.1. The third kappa shape index (κ3) is 1.72. The van der Waals surface area contributed by atoms with E-state index in [0.717, 1.165) is 4.57 Å². The van der Waals surface area contributed by atoms with Crippen molar-refractivity contribution >= 4 is 5.82 Å². The topological polar surface area (TPSA) is 131 Å². The molecule has 1 fully saturated rings. The number of terminal acetylenes is 1. The van der Waals surface area contributed by atoms with Gasteiger partial charge in [-0.1, -0.05) is 0 Å². The molecule has 8 nitrogen and oxygen atoms in total. The van der Waals surface area contributed by atoms with Crippen LogP contribution >= 0.6 is 0 Å². The van der Waals surface area contributed by atoms with Crippen molar-refractivity contribution in [2.45, 2.75) is 30.5 Å². The highest BCUT2D eigenvalue weighted by Gasteiger charge is 2.63. The minimum absolute atomic E-state index is 0.0182. The first kappa shape index (κ1) is 14.5. The van der Waals surface area contributed by atoms with Gasteiger partial charge in [-0.25, -0.2) is 4.79 Å². The highest BCUT2D eigenvalue weighted by Crippen LogP contribution is 2.42. The van der Waals surface area contributed by atoms with E-state index < -0.39 is 35.8 Å². The molecule has 4 unspecified atom stereocenters. The van der Waals surface area contributed by atoms with Crippen molar-refractivity contribution in [2.24, 2.45) is 0 Å². The number of aliphatic hydroxyl groups excluding tert-OH is 2. The molecule has 108 valence electrons. The summed E-state index contributed by atoms with van der Waals surface area (Å²) in [6.07, 6.45) is 4.02.